The summed E-state index contributed by atoms with van der Waals surface area (Å²) in [5.74, 6) is 5.74. The largest absolute Gasteiger partial charge is 0.320 e. The van der Waals surface area contributed by atoms with Gasteiger partial charge in [0.25, 0.3) is 5.91 Å². The molecule has 0 spiro atoms. The first-order chi connectivity index (χ1) is 14.2. The van der Waals surface area contributed by atoms with E-state index in [9.17, 15) is 4.79 Å². The van der Waals surface area contributed by atoms with Crippen molar-refractivity contribution in [3.8, 4) is 17.5 Å². The van der Waals surface area contributed by atoms with Gasteiger partial charge in [0.2, 0.25) is 0 Å². The molecule has 1 amide bonds. The van der Waals surface area contributed by atoms with Gasteiger partial charge in [-0.25, -0.2) is 4.98 Å². The molecule has 2 heterocycles. The summed E-state index contributed by atoms with van der Waals surface area (Å²) in [4.78, 5) is 18.3. The molecule has 0 aliphatic carbocycles. The number of benzene rings is 2. The molecule has 0 saturated carbocycles. The Kier molecular flexibility index (Phi) is 5.12. The summed E-state index contributed by atoms with van der Waals surface area (Å²) in [6.07, 6.45) is 1.70. The molecule has 140 valence electrons. The Labute approximate surface area is 168 Å². The molecule has 2 aromatic heterocycles. The number of hydrogen-bond acceptors (Lipinski definition) is 4. The Bertz CT molecular complexity index is 1200. The van der Waals surface area contributed by atoms with E-state index < -0.39 is 0 Å². The lowest BCUT2D eigenvalue weighted by atomic mass is 10.2. The molecule has 6 nitrogen and oxygen atoms in total. The molecule has 4 aromatic rings. The molecule has 0 radical (unpaired) electrons. The highest BCUT2D eigenvalue weighted by molar-refractivity contribution is 6.03. The van der Waals surface area contributed by atoms with Crippen LogP contribution in [0.3, 0.4) is 0 Å². The zero-order chi connectivity index (χ0) is 20.1. The summed E-state index contributed by atoms with van der Waals surface area (Å²) >= 11 is 0. The summed E-state index contributed by atoms with van der Waals surface area (Å²) in [7, 11) is 0. The highest BCUT2D eigenvalue weighted by Gasteiger charge is 2.16. The van der Waals surface area contributed by atoms with Crippen molar-refractivity contribution in [1.29, 1.82) is 0 Å². The first-order valence-corrected chi connectivity index (χ1v) is 9.03. The predicted molar refractivity (Wildman–Crippen MR) is 111 cm³/mol. The highest BCUT2D eigenvalue weighted by atomic mass is 16.2. The van der Waals surface area contributed by atoms with Crippen LogP contribution >= 0.6 is 0 Å². The average molecular weight is 379 g/mol. The van der Waals surface area contributed by atoms with Crippen molar-refractivity contribution >= 4 is 11.6 Å². The number of nitrogens with zero attached hydrogens (tertiary/aromatic N) is 4. The normalized spacial score (nSPS) is 10.1. The zero-order valence-corrected chi connectivity index (χ0v) is 15.7. The van der Waals surface area contributed by atoms with Gasteiger partial charge in [0, 0.05) is 17.4 Å². The molecular weight excluding hydrogens is 362 g/mol. The van der Waals surface area contributed by atoms with Gasteiger partial charge in [-0.3, -0.25) is 4.79 Å². The van der Waals surface area contributed by atoms with E-state index in [1.807, 2.05) is 66.7 Å². The lowest BCUT2D eigenvalue weighted by molar-refractivity contribution is 0.102. The fourth-order valence-corrected chi connectivity index (χ4v) is 2.70. The number of carbonyl (C=O) groups excluding carboxylic acids is 1. The Morgan fingerprint density at radius 3 is 2.55 bits per heavy atom. The van der Waals surface area contributed by atoms with E-state index in [-0.39, 0.29) is 11.6 Å². The average Bonchev–Trinajstić information content (AvgIpc) is 3.16. The molecule has 0 fully saturated rings. The molecule has 29 heavy (non-hydrogen) atoms. The Morgan fingerprint density at radius 2 is 1.76 bits per heavy atom. The van der Waals surface area contributed by atoms with Crippen molar-refractivity contribution in [3.63, 3.8) is 0 Å². The number of nitrogens with one attached hydrogen (secondary N) is 1. The van der Waals surface area contributed by atoms with Crippen LogP contribution in [-0.4, -0.2) is 25.9 Å². The number of pyridine rings is 1. The van der Waals surface area contributed by atoms with E-state index in [1.165, 1.54) is 4.80 Å². The molecule has 0 aliphatic rings. The van der Waals surface area contributed by atoms with Crippen molar-refractivity contribution < 1.29 is 4.79 Å². The van der Waals surface area contributed by atoms with Gasteiger partial charge in [0.1, 0.15) is 5.69 Å². The molecule has 0 atom stereocenters. The van der Waals surface area contributed by atoms with Crippen LogP contribution in [0, 0.1) is 18.8 Å². The molecule has 0 aliphatic heterocycles. The minimum absolute atomic E-state index is 0.277. The SMILES string of the molecule is Cc1nn(-c2ccccc2)nc1C(=O)Nc1cccc(C#Cc2ccccn2)c1. The number of para-hydroxylation sites is 1. The van der Waals surface area contributed by atoms with Gasteiger partial charge in [0.15, 0.2) is 5.69 Å². The van der Waals surface area contributed by atoms with Crippen molar-refractivity contribution in [3.05, 3.63) is 102 Å². The maximum Gasteiger partial charge on any atom is 0.278 e. The van der Waals surface area contributed by atoms with Gasteiger partial charge in [-0.1, -0.05) is 36.3 Å². The fourth-order valence-electron chi connectivity index (χ4n) is 2.70. The number of amides is 1. The van der Waals surface area contributed by atoms with E-state index in [4.69, 9.17) is 0 Å². The van der Waals surface area contributed by atoms with Crippen LogP contribution in [0.1, 0.15) is 27.4 Å². The quantitative estimate of drug-likeness (QED) is 0.552. The predicted octanol–water partition coefficient (Wildman–Crippen LogP) is 3.62. The van der Waals surface area contributed by atoms with Crippen LogP contribution in [0.25, 0.3) is 5.69 Å². The molecule has 1 N–H and O–H groups in total. The Hall–Kier alpha value is -4.24. The topological polar surface area (TPSA) is 72.7 Å². The third-order valence-corrected chi connectivity index (χ3v) is 4.10. The maximum absolute atomic E-state index is 12.7. The third-order valence-electron chi connectivity index (χ3n) is 4.10. The van der Waals surface area contributed by atoms with E-state index >= 15 is 0 Å². The van der Waals surface area contributed by atoms with Crippen LogP contribution < -0.4 is 5.32 Å². The first kappa shape index (κ1) is 18.1. The van der Waals surface area contributed by atoms with Crippen molar-refractivity contribution in [1.82, 2.24) is 20.0 Å². The maximum atomic E-state index is 12.7. The van der Waals surface area contributed by atoms with Crippen LogP contribution in [0.5, 0.6) is 0 Å². The van der Waals surface area contributed by atoms with Crippen molar-refractivity contribution in [2.75, 3.05) is 5.32 Å². The number of aromatic nitrogens is 4. The van der Waals surface area contributed by atoms with E-state index in [0.717, 1.165) is 11.3 Å². The third kappa shape index (κ3) is 4.37. The molecule has 0 bridgehead atoms. The van der Waals surface area contributed by atoms with E-state index in [1.54, 1.807) is 19.2 Å². The number of anilines is 1. The van der Waals surface area contributed by atoms with Gasteiger partial charge < -0.3 is 5.32 Å². The summed E-state index contributed by atoms with van der Waals surface area (Å²) in [6.45, 7) is 1.76. The van der Waals surface area contributed by atoms with Crippen molar-refractivity contribution in [2.45, 2.75) is 6.92 Å². The second-order valence-corrected chi connectivity index (χ2v) is 6.26. The van der Waals surface area contributed by atoms with Crippen LogP contribution in [0.4, 0.5) is 5.69 Å². The van der Waals surface area contributed by atoms with Crippen LogP contribution in [-0.2, 0) is 0 Å². The van der Waals surface area contributed by atoms with E-state index in [0.29, 0.717) is 17.1 Å². The second-order valence-electron chi connectivity index (χ2n) is 6.26. The minimum atomic E-state index is -0.320. The summed E-state index contributed by atoms with van der Waals surface area (Å²) in [6, 6.07) is 22.4. The Balaban J connectivity index is 1.52. The molecule has 0 saturated heterocycles. The molecular formula is C23H17N5O. The number of aryl methyl sites for hydroxylation is 1. The van der Waals surface area contributed by atoms with Crippen molar-refractivity contribution in [2.24, 2.45) is 0 Å². The number of hydrogen-bond donors (Lipinski definition) is 1. The lowest BCUT2D eigenvalue weighted by Crippen LogP contribution is -2.14. The van der Waals surface area contributed by atoms with Gasteiger partial charge >= 0.3 is 0 Å². The molecule has 6 heteroatoms. The Morgan fingerprint density at radius 1 is 0.931 bits per heavy atom. The van der Waals surface area contributed by atoms with E-state index in [2.05, 4.69) is 32.3 Å². The second kappa shape index (κ2) is 8.19. The summed E-state index contributed by atoms with van der Waals surface area (Å²) in [5, 5.41) is 11.5. The number of carbonyl (C=O) groups is 1. The monoisotopic (exact) mass is 379 g/mol. The smallest absolute Gasteiger partial charge is 0.278 e. The van der Waals surface area contributed by atoms with Crippen LogP contribution in [0.2, 0.25) is 0 Å². The standard InChI is InChI=1S/C23H17N5O/c1-17-22(27-28(26-17)21-11-3-2-4-12-21)23(29)25-20-10-7-8-18(16-20)13-14-19-9-5-6-15-24-19/h2-12,15-16H,1H3,(H,25,29). The first-order valence-electron chi connectivity index (χ1n) is 9.03. The number of rotatable bonds is 3. The van der Waals surface area contributed by atoms with Crippen LogP contribution in [0.15, 0.2) is 79.0 Å². The fraction of sp³-hybridized carbons (Fsp3) is 0.0435. The highest BCUT2D eigenvalue weighted by Crippen LogP contribution is 2.13. The molecule has 0 unspecified atom stereocenters. The lowest BCUT2D eigenvalue weighted by Gasteiger charge is -2.04. The van der Waals surface area contributed by atoms with Gasteiger partial charge in [0.05, 0.1) is 11.4 Å². The zero-order valence-electron chi connectivity index (χ0n) is 15.7. The molecule has 2 aromatic carbocycles. The van der Waals surface area contributed by atoms with Gasteiger partial charge in [-0.05, 0) is 55.3 Å². The minimum Gasteiger partial charge on any atom is -0.320 e. The molecule has 4 rings (SSSR count). The van der Waals surface area contributed by atoms with Gasteiger partial charge in [-0.15, -0.1) is 5.10 Å². The summed E-state index contributed by atoms with van der Waals surface area (Å²) < 4.78 is 0. The van der Waals surface area contributed by atoms with Gasteiger partial charge in [-0.2, -0.15) is 9.90 Å². The summed E-state index contributed by atoms with van der Waals surface area (Å²) in [5.41, 5.74) is 3.72.